The zero-order valence-electron chi connectivity index (χ0n) is 24.4. The molecule has 1 unspecified atom stereocenters. The van der Waals surface area contributed by atoms with Gasteiger partial charge in [-0.15, -0.1) is 0 Å². The fourth-order valence-corrected chi connectivity index (χ4v) is 11.5. The van der Waals surface area contributed by atoms with Crippen LogP contribution >= 0.6 is 0 Å². The topological polar surface area (TPSA) is 102 Å². The second-order valence-electron chi connectivity index (χ2n) is 15.5. The number of halogens is 3. The van der Waals surface area contributed by atoms with Crippen molar-refractivity contribution < 1.29 is 45.8 Å². The molecule has 42 heavy (non-hydrogen) atoms. The van der Waals surface area contributed by atoms with Gasteiger partial charge in [-0.25, -0.2) is 9.78 Å². The summed E-state index contributed by atoms with van der Waals surface area (Å²) in [5.74, 6) is 0.361. The number of hydrogen-bond donors (Lipinski definition) is 2. The van der Waals surface area contributed by atoms with Gasteiger partial charge in [0.15, 0.2) is 0 Å². The van der Waals surface area contributed by atoms with Crippen molar-refractivity contribution >= 4 is 10.1 Å². The fourth-order valence-electron chi connectivity index (χ4n) is 11.1. The average molecular weight is 615 g/mol. The van der Waals surface area contributed by atoms with E-state index in [9.17, 15) is 31.8 Å². The molecule has 5 fully saturated rings. The normalized spacial score (nSPS) is 45.9. The molecule has 0 radical (unpaired) electrons. The first-order chi connectivity index (χ1) is 19.4. The molecule has 1 aromatic rings. The van der Waals surface area contributed by atoms with E-state index in [1.807, 2.05) is 0 Å². The van der Waals surface area contributed by atoms with Crippen molar-refractivity contribution in [2.45, 2.75) is 114 Å². The van der Waals surface area contributed by atoms with Crippen LogP contribution in [0, 0.1) is 34.0 Å². The summed E-state index contributed by atoms with van der Waals surface area (Å²) in [6.45, 7) is 6.93. The Hall–Kier alpha value is -1.40. The molecular weight excluding hydrogens is 573 g/mol. The molecule has 4 saturated carbocycles. The largest absolute Gasteiger partial charge is 0.534 e. The van der Waals surface area contributed by atoms with Gasteiger partial charge in [0.25, 0.3) is 0 Å². The zero-order valence-corrected chi connectivity index (χ0v) is 25.2. The van der Waals surface area contributed by atoms with E-state index in [1.54, 1.807) is 6.07 Å². The van der Waals surface area contributed by atoms with Crippen LogP contribution in [0.4, 0.5) is 13.2 Å². The molecule has 0 amide bonds. The van der Waals surface area contributed by atoms with Crippen LogP contribution in [0.15, 0.2) is 18.2 Å². The van der Waals surface area contributed by atoms with Crippen LogP contribution in [0.1, 0.15) is 95.6 Å². The van der Waals surface area contributed by atoms with Gasteiger partial charge in [-0.3, -0.25) is 0 Å². The molecule has 7 nitrogen and oxygen atoms in total. The van der Waals surface area contributed by atoms with Crippen molar-refractivity contribution in [2.75, 3.05) is 6.61 Å². The summed E-state index contributed by atoms with van der Waals surface area (Å²) >= 11 is 0. The molecule has 1 heterocycles. The van der Waals surface area contributed by atoms with Crippen LogP contribution < -0.4 is 4.18 Å². The van der Waals surface area contributed by atoms with E-state index in [1.165, 1.54) is 12.1 Å². The highest BCUT2D eigenvalue weighted by Gasteiger charge is 2.72. The van der Waals surface area contributed by atoms with Crippen LogP contribution in [0.25, 0.3) is 0 Å². The number of hydrogen-bond acceptors (Lipinski definition) is 7. The van der Waals surface area contributed by atoms with E-state index >= 15 is 0 Å². The van der Waals surface area contributed by atoms with Gasteiger partial charge in [0.2, 0.25) is 0 Å². The fraction of sp³-hybridized carbons (Fsp3) is 0.806. The summed E-state index contributed by atoms with van der Waals surface area (Å²) in [7, 11) is -5.83. The van der Waals surface area contributed by atoms with Crippen molar-refractivity contribution in [3.63, 3.8) is 0 Å². The quantitative estimate of drug-likeness (QED) is 0.247. The van der Waals surface area contributed by atoms with E-state index in [2.05, 4.69) is 25.0 Å². The molecule has 2 spiro atoms. The highest BCUT2D eigenvalue weighted by molar-refractivity contribution is 7.88. The first-order valence-corrected chi connectivity index (χ1v) is 16.7. The third-order valence-corrected chi connectivity index (χ3v) is 13.5. The highest BCUT2D eigenvalue weighted by Crippen LogP contribution is 2.74. The smallest absolute Gasteiger partial charge is 0.393 e. The van der Waals surface area contributed by atoms with E-state index < -0.39 is 38.3 Å². The molecule has 234 valence electrons. The van der Waals surface area contributed by atoms with Crippen molar-refractivity contribution in [3.8, 4) is 5.75 Å². The molecule has 1 saturated heterocycles. The Morgan fingerprint density at radius 3 is 2.52 bits per heavy atom. The van der Waals surface area contributed by atoms with Gasteiger partial charge < -0.3 is 14.4 Å². The minimum Gasteiger partial charge on any atom is -0.393 e. The number of rotatable bonds is 2. The van der Waals surface area contributed by atoms with Crippen molar-refractivity contribution in [3.05, 3.63) is 29.3 Å². The summed E-state index contributed by atoms with van der Waals surface area (Å²) in [5.41, 5.74) is -6.55. The third kappa shape index (κ3) is 4.01. The Bertz CT molecular complexity index is 1400. The predicted molar refractivity (Wildman–Crippen MR) is 146 cm³/mol. The lowest BCUT2D eigenvalue weighted by atomic mass is 9.36. The van der Waals surface area contributed by atoms with Gasteiger partial charge >= 0.3 is 15.6 Å². The van der Waals surface area contributed by atoms with Crippen molar-refractivity contribution in [1.82, 2.24) is 0 Å². The maximum absolute atomic E-state index is 13.2. The van der Waals surface area contributed by atoms with Crippen molar-refractivity contribution in [2.24, 2.45) is 34.0 Å². The van der Waals surface area contributed by atoms with Crippen LogP contribution in [-0.4, -0.2) is 48.1 Å². The lowest BCUT2D eigenvalue weighted by Gasteiger charge is -2.70. The molecule has 7 rings (SSSR count). The first kappa shape index (κ1) is 29.3. The average Bonchev–Trinajstić information content (AvgIpc) is 3.16. The third-order valence-electron chi connectivity index (χ3n) is 12.5. The van der Waals surface area contributed by atoms with E-state index in [0.29, 0.717) is 57.0 Å². The molecule has 0 bridgehead atoms. The molecule has 2 N–H and O–H groups in total. The number of aliphatic hydroxyl groups is 2. The Labute approximate surface area is 245 Å². The van der Waals surface area contributed by atoms with Gasteiger partial charge in [0, 0.05) is 11.8 Å². The monoisotopic (exact) mass is 614 g/mol. The van der Waals surface area contributed by atoms with Gasteiger partial charge in [-0.2, -0.15) is 21.6 Å². The minimum absolute atomic E-state index is 0.0261. The number of fused-ring (bicyclic) bond motifs is 4. The van der Waals surface area contributed by atoms with Gasteiger partial charge in [0.05, 0.1) is 18.3 Å². The Kier molecular flexibility index (Phi) is 6.19. The summed E-state index contributed by atoms with van der Waals surface area (Å²) in [6.07, 6.45) is 6.33. The maximum Gasteiger partial charge on any atom is 0.534 e. The molecule has 5 aliphatic carbocycles. The Morgan fingerprint density at radius 2 is 1.81 bits per heavy atom. The standard InChI is InChI=1S/C31H41F3O7S/c1-26(2)15-28(41-39-17-26)10-11-29-13-18-12-19(40-42(37,38)31(32,33)34)4-5-20(18)22-14-27(3)23(6-7-24(27)35)21(25(22)29)8-9-30(29,36)16-28/h4-5,12,21-25,35-36H,6-11,13-17H2,1-3H3/t21-,22+,23-,24-,25+,27-,28?,29-,30+/m0/s1. The number of aliphatic hydroxyl groups excluding tert-OH is 1. The second kappa shape index (κ2) is 8.86. The lowest BCUT2D eigenvalue weighted by Crippen LogP contribution is -2.70. The van der Waals surface area contributed by atoms with E-state index in [-0.39, 0.29) is 28.4 Å². The minimum atomic E-state index is -5.83. The molecular formula is C31H41F3O7S. The first-order valence-electron chi connectivity index (χ1n) is 15.3. The number of benzene rings is 1. The number of alkyl halides is 3. The summed E-state index contributed by atoms with van der Waals surface area (Å²) in [6, 6.07) is 4.46. The molecule has 11 heteroatoms. The predicted octanol–water partition coefficient (Wildman–Crippen LogP) is 5.78. The lowest BCUT2D eigenvalue weighted by molar-refractivity contribution is -0.425. The zero-order chi connectivity index (χ0) is 30.1. The van der Waals surface area contributed by atoms with E-state index in [0.717, 1.165) is 36.8 Å². The second-order valence-corrected chi connectivity index (χ2v) is 17.0. The summed E-state index contributed by atoms with van der Waals surface area (Å²) in [5, 5.41) is 24.0. The van der Waals surface area contributed by atoms with Crippen LogP contribution in [0.5, 0.6) is 5.75 Å². The SMILES string of the molecule is CC1(C)COOC2(CC[C@@]34Cc5cc(OS(=O)(=O)C(F)(F)F)ccc5[C@H]5C[C@]6(C)[C@@H](O)CC[C@H]6[C@H](CC[C@@]3(O)C2)[C@H]54)C1. The molecule has 9 atom stereocenters. The highest BCUT2D eigenvalue weighted by atomic mass is 32.2. The molecule has 6 aliphatic rings. The van der Waals surface area contributed by atoms with Crippen LogP contribution in [0.2, 0.25) is 0 Å². The van der Waals surface area contributed by atoms with Crippen LogP contribution in [-0.2, 0) is 26.3 Å². The molecule has 1 aromatic carbocycles. The van der Waals surface area contributed by atoms with Crippen molar-refractivity contribution in [1.29, 1.82) is 0 Å². The van der Waals surface area contributed by atoms with Gasteiger partial charge in [-0.05, 0) is 116 Å². The van der Waals surface area contributed by atoms with E-state index in [4.69, 9.17) is 9.78 Å². The summed E-state index contributed by atoms with van der Waals surface area (Å²) in [4.78, 5) is 11.6. The van der Waals surface area contributed by atoms with Gasteiger partial charge in [-0.1, -0.05) is 26.8 Å². The van der Waals surface area contributed by atoms with Gasteiger partial charge in [0.1, 0.15) is 11.4 Å². The summed E-state index contributed by atoms with van der Waals surface area (Å²) < 4.78 is 67.7. The molecule has 1 aliphatic heterocycles. The molecule has 0 aromatic heterocycles. The Balaban J connectivity index is 1.34. The Morgan fingerprint density at radius 1 is 1.05 bits per heavy atom. The van der Waals surface area contributed by atoms with Crippen LogP contribution in [0.3, 0.4) is 0 Å². The maximum atomic E-state index is 13.2.